The van der Waals surface area contributed by atoms with Crippen LogP contribution >= 0.6 is 23.1 Å². The predicted molar refractivity (Wildman–Crippen MR) is 133 cm³/mol. The summed E-state index contributed by atoms with van der Waals surface area (Å²) in [5.41, 5.74) is 4.79. The summed E-state index contributed by atoms with van der Waals surface area (Å²) in [4.78, 5) is 25.6. The second-order valence-corrected chi connectivity index (χ2v) is 9.59. The average molecular weight is 457 g/mol. The Morgan fingerprint density at radius 1 is 0.906 bits per heavy atom. The molecule has 1 amide bonds. The number of thiazole rings is 1. The van der Waals surface area contributed by atoms with Gasteiger partial charge in [-0.25, -0.2) is 9.97 Å². The Labute approximate surface area is 194 Å². The van der Waals surface area contributed by atoms with Crippen molar-refractivity contribution >= 4 is 44.4 Å². The summed E-state index contributed by atoms with van der Waals surface area (Å²) in [5.74, 6) is -0.104. The molecule has 0 saturated carbocycles. The fourth-order valence-corrected chi connectivity index (χ4v) is 5.05. The number of anilines is 1. The molecule has 5 nitrogen and oxygen atoms in total. The minimum absolute atomic E-state index is 0.104. The molecule has 1 unspecified atom stereocenters. The maximum atomic E-state index is 12.8. The molecular formula is C25H20N4OS2. The van der Waals surface area contributed by atoms with Gasteiger partial charge in [0.25, 0.3) is 0 Å². The fraction of sp³-hybridized carbons (Fsp3) is 0.0800. The SMILES string of the molecule is CC(Sc1nc(-c2ccccc2)c(-c2ccccc2)[nH]1)C(=O)Nc1nc2ccccc2s1. The van der Waals surface area contributed by atoms with Gasteiger partial charge in [0.1, 0.15) is 0 Å². The van der Waals surface area contributed by atoms with Gasteiger partial charge in [-0.2, -0.15) is 0 Å². The van der Waals surface area contributed by atoms with Crippen LogP contribution in [0.3, 0.4) is 0 Å². The number of nitrogens with one attached hydrogen (secondary N) is 2. The Hall–Kier alpha value is -3.42. The van der Waals surface area contributed by atoms with Crippen LogP contribution in [0.25, 0.3) is 32.7 Å². The van der Waals surface area contributed by atoms with Crippen molar-refractivity contribution in [3.8, 4) is 22.5 Å². The highest BCUT2D eigenvalue weighted by atomic mass is 32.2. The van der Waals surface area contributed by atoms with Crippen LogP contribution in [0.1, 0.15) is 6.92 Å². The molecule has 0 spiro atoms. The molecule has 2 N–H and O–H groups in total. The number of carbonyl (C=O) groups is 1. The van der Waals surface area contributed by atoms with Crippen molar-refractivity contribution in [2.45, 2.75) is 17.3 Å². The van der Waals surface area contributed by atoms with Crippen LogP contribution in [0.15, 0.2) is 90.1 Å². The quantitative estimate of drug-likeness (QED) is 0.287. The molecule has 5 rings (SSSR count). The van der Waals surface area contributed by atoms with Crippen LogP contribution in [0.5, 0.6) is 0 Å². The van der Waals surface area contributed by atoms with Gasteiger partial charge < -0.3 is 10.3 Å². The number of aromatic amines is 1. The number of aromatic nitrogens is 3. The van der Waals surface area contributed by atoms with Crippen molar-refractivity contribution in [1.29, 1.82) is 0 Å². The van der Waals surface area contributed by atoms with E-state index in [0.29, 0.717) is 10.3 Å². The molecule has 0 saturated heterocycles. The molecule has 158 valence electrons. The molecule has 0 fully saturated rings. The Morgan fingerprint density at radius 2 is 1.56 bits per heavy atom. The third-order valence-corrected chi connectivity index (χ3v) is 6.91. The van der Waals surface area contributed by atoms with Crippen LogP contribution in [-0.4, -0.2) is 26.1 Å². The lowest BCUT2D eigenvalue weighted by atomic mass is 10.1. The minimum atomic E-state index is -0.347. The number of hydrogen-bond acceptors (Lipinski definition) is 5. The Kier molecular flexibility index (Phi) is 5.75. The first-order valence-electron chi connectivity index (χ1n) is 10.2. The topological polar surface area (TPSA) is 70.7 Å². The van der Waals surface area contributed by atoms with E-state index in [1.54, 1.807) is 0 Å². The van der Waals surface area contributed by atoms with Gasteiger partial charge in [-0.05, 0) is 19.1 Å². The first-order valence-corrected chi connectivity index (χ1v) is 11.9. The van der Waals surface area contributed by atoms with Crippen molar-refractivity contribution in [2.75, 3.05) is 5.32 Å². The van der Waals surface area contributed by atoms with Crippen LogP contribution in [0.4, 0.5) is 5.13 Å². The first kappa shape index (κ1) is 20.5. The summed E-state index contributed by atoms with van der Waals surface area (Å²) < 4.78 is 1.05. The van der Waals surface area contributed by atoms with E-state index in [-0.39, 0.29) is 11.2 Å². The molecule has 0 aliphatic carbocycles. The smallest absolute Gasteiger partial charge is 0.239 e. The van der Waals surface area contributed by atoms with E-state index in [4.69, 9.17) is 4.98 Å². The van der Waals surface area contributed by atoms with Crippen LogP contribution in [0, 0.1) is 0 Å². The average Bonchev–Trinajstić information content (AvgIpc) is 3.44. The monoisotopic (exact) mass is 456 g/mol. The zero-order chi connectivity index (χ0) is 21.9. The van der Waals surface area contributed by atoms with Gasteiger partial charge in [0.2, 0.25) is 5.91 Å². The van der Waals surface area contributed by atoms with E-state index in [0.717, 1.165) is 32.7 Å². The molecule has 1 atom stereocenters. The molecular weight excluding hydrogens is 436 g/mol. The first-order chi connectivity index (χ1) is 15.7. The van der Waals surface area contributed by atoms with Crippen molar-refractivity contribution in [1.82, 2.24) is 15.0 Å². The van der Waals surface area contributed by atoms with Crippen LogP contribution in [0.2, 0.25) is 0 Å². The highest BCUT2D eigenvalue weighted by Gasteiger charge is 2.20. The van der Waals surface area contributed by atoms with Crippen LogP contribution in [-0.2, 0) is 4.79 Å². The summed E-state index contributed by atoms with van der Waals surface area (Å²) in [6, 6.07) is 28.0. The fourth-order valence-electron chi connectivity index (χ4n) is 3.38. The number of carbonyl (C=O) groups excluding carboxylic acids is 1. The third kappa shape index (κ3) is 4.30. The second kappa shape index (κ2) is 8.98. The Morgan fingerprint density at radius 3 is 2.28 bits per heavy atom. The van der Waals surface area contributed by atoms with Gasteiger partial charge in [-0.15, -0.1) is 0 Å². The van der Waals surface area contributed by atoms with Crippen molar-refractivity contribution < 1.29 is 4.79 Å². The molecule has 0 radical (unpaired) electrons. The van der Waals surface area contributed by atoms with E-state index in [2.05, 4.69) is 27.4 Å². The maximum absolute atomic E-state index is 12.8. The van der Waals surface area contributed by atoms with E-state index in [9.17, 15) is 4.79 Å². The van der Waals surface area contributed by atoms with E-state index < -0.39 is 0 Å². The Balaban J connectivity index is 1.38. The molecule has 2 heterocycles. The number of rotatable bonds is 6. The lowest BCUT2D eigenvalue weighted by Gasteiger charge is -2.08. The van der Waals surface area contributed by atoms with Gasteiger partial charge in [0.15, 0.2) is 10.3 Å². The van der Waals surface area contributed by atoms with Gasteiger partial charge in [-0.3, -0.25) is 4.79 Å². The molecule has 0 aliphatic heterocycles. The van der Waals surface area contributed by atoms with Crippen molar-refractivity contribution in [2.24, 2.45) is 0 Å². The Bertz CT molecular complexity index is 1270. The number of nitrogens with zero attached hydrogens (tertiary/aromatic N) is 2. The number of fused-ring (bicyclic) bond motifs is 1. The molecule has 5 aromatic rings. The van der Waals surface area contributed by atoms with Gasteiger partial charge >= 0.3 is 0 Å². The van der Waals surface area contributed by atoms with Crippen molar-refractivity contribution in [3.05, 3.63) is 84.9 Å². The van der Waals surface area contributed by atoms with E-state index in [1.165, 1.54) is 23.1 Å². The molecule has 32 heavy (non-hydrogen) atoms. The summed E-state index contributed by atoms with van der Waals surface area (Å²) in [5, 5.41) is 3.91. The summed E-state index contributed by atoms with van der Waals surface area (Å²) in [6.07, 6.45) is 0. The number of H-pyrrole nitrogens is 1. The number of hydrogen-bond donors (Lipinski definition) is 2. The van der Waals surface area contributed by atoms with Gasteiger partial charge in [-0.1, -0.05) is 95.9 Å². The van der Waals surface area contributed by atoms with Crippen molar-refractivity contribution in [3.63, 3.8) is 0 Å². The number of amides is 1. The highest BCUT2D eigenvalue weighted by molar-refractivity contribution is 8.00. The zero-order valence-electron chi connectivity index (χ0n) is 17.3. The number of thioether (sulfide) groups is 1. The highest BCUT2D eigenvalue weighted by Crippen LogP contribution is 2.34. The third-order valence-electron chi connectivity index (χ3n) is 4.97. The van der Waals surface area contributed by atoms with Gasteiger partial charge in [0.05, 0.1) is 26.9 Å². The summed E-state index contributed by atoms with van der Waals surface area (Å²) in [7, 11) is 0. The molecule has 3 aromatic carbocycles. The van der Waals surface area contributed by atoms with Crippen LogP contribution < -0.4 is 5.32 Å². The number of imidazole rings is 1. The number of para-hydroxylation sites is 1. The summed E-state index contributed by atoms with van der Waals surface area (Å²) >= 11 is 2.87. The molecule has 7 heteroatoms. The predicted octanol–water partition coefficient (Wildman–Crippen LogP) is 6.47. The summed E-state index contributed by atoms with van der Waals surface area (Å²) in [6.45, 7) is 1.88. The van der Waals surface area contributed by atoms with Gasteiger partial charge in [0, 0.05) is 11.1 Å². The minimum Gasteiger partial charge on any atom is -0.332 e. The van der Waals surface area contributed by atoms with E-state index in [1.807, 2.05) is 79.7 Å². The molecule has 0 aliphatic rings. The largest absolute Gasteiger partial charge is 0.332 e. The van der Waals surface area contributed by atoms with E-state index >= 15 is 0 Å². The molecule has 0 bridgehead atoms. The normalized spacial score (nSPS) is 12.0. The molecule has 2 aromatic heterocycles. The lowest BCUT2D eigenvalue weighted by molar-refractivity contribution is -0.115. The lowest BCUT2D eigenvalue weighted by Crippen LogP contribution is -2.22. The maximum Gasteiger partial charge on any atom is 0.239 e. The second-order valence-electron chi connectivity index (χ2n) is 7.23. The standard InChI is InChI=1S/C25H20N4OS2/c1-16(23(30)29-24-26-19-14-8-9-15-20(19)32-24)31-25-27-21(17-10-4-2-5-11-17)22(28-25)18-12-6-3-7-13-18/h2-16H,1H3,(H,27,28)(H,26,29,30). The zero-order valence-corrected chi connectivity index (χ0v) is 18.9. The number of benzene rings is 3.